The van der Waals surface area contributed by atoms with Crippen LogP contribution < -0.4 is 0 Å². The summed E-state index contributed by atoms with van der Waals surface area (Å²) in [6, 6.07) is 0. The summed E-state index contributed by atoms with van der Waals surface area (Å²) in [4.78, 5) is 15.3. The third-order valence-corrected chi connectivity index (χ3v) is 2.30. The SMILES string of the molecule is CCCC(=O)c1nc2n(n1)CCC2F. The van der Waals surface area contributed by atoms with Crippen LogP contribution in [0.1, 0.15) is 48.8 Å². The molecular weight excluding hydrogens is 185 g/mol. The van der Waals surface area contributed by atoms with Crippen molar-refractivity contribution in [3.8, 4) is 0 Å². The largest absolute Gasteiger partial charge is 0.291 e. The van der Waals surface area contributed by atoms with E-state index in [2.05, 4.69) is 10.1 Å². The number of ketones is 1. The lowest BCUT2D eigenvalue weighted by Gasteiger charge is -1.92. The molecule has 1 aliphatic rings. The monoisotopic (exact) mass is 197 g/mol. The molecule has 5 heteroatoms. The van der Waals surface area contributed by atoms with E-state index in [9.17, 15) is 9.18 Å². The predicted octanol–water partition coefficient (Wildman–Crippen LogP) is 1.68. The lowest BCUT2D eigenvalue weighted by molar-refractivity contribution is 0.0971. The molecule has 1 unspecified atom stereocenters. The molecule has 1 aliphatic heterocycles. The molecule has 0 saturated heterocycles. The number of aryl methyl sites for hydroxylation is 1. The van der Waals surface area contributed by atoms with Crippen molar-refractivity contribution in [3.05, 3.63) is 11.6 Å². The van der Waals surface area contributed by atoms with E-state index in [-0.39, 0.29) is 11.6 Å². The van der Waals surface area contributed by atoms with Gasteiger partial charge in [-0.2, -0.15) is 0 Å². The Morgan fingerprint density at radius 1 is 1.71 bits per heavy atom. The van der Waals surface area contributed by atoms with Crippen LogP contribution in [-0.4, -0.2) is 20.5 Å². The summed E-state index contributed by atoms with van der Waals surface area (Å²) >= 11 is 0. The molecule has 0 saturated carbocycles. The zero-order valence-corrected chi connectivity index (χ0v) is 8.03. The molecule has 0 aliphatic carbocycles. The number of aromatic nitrogens is 3. The van der Waals surface area contributed by atoms with Crippen LogP contribution >= 0.6 is 0 Å². The van der Waals surface area contributed by atoms with Gasteiger partial charge in [0.05, 0.1) is 0 Å². The van der Waals surface area contributed by atoms with E-state index in [1.165, 1.54) is 4.68 Å². The molecule has 0 spiro atoms. The quantitative estimate of drug-likeness (QED) is 0.692. The molecule has 4 nitrogen and oxygen atoms in total. The van der Waals surface area contributed by atoms with Gasteiger partial charge in [-0.25, -0.2) is 14.1 Å². The Balaban J connectivity index is 2.22. The molecule has 0 amide bonds. The van der Waals surface area contributed by atoms with Crippen molar-refractivity contribution >= 4 is 5.78 Å². The van der Waals surface area contributed by atoms with E-state index in [0.717, 1.165) is 6.42 Å². The smallest absolute Gasteiger partial charge is 0.217 e. The molecule has 1 aromatic heterocycles. The van der Waals surface area contributed by atoms with Crippen LogP contribution in [0.15, 0.2) is 0 Å². The van der Waals surface area contributed by atoms with Gasteiger partial charge in [0.25, 0.3) is 0 Å². The third kappa shape index (κ3) is 1.42. The first-order chi connectivity index (χ1) is 6.72. The number of carbonyl (C=O) groups excluding carboxylic acids is 1. The van der Waals surface area contributed by atoms with E-state index in [1.54, 1.807) is 0 Å². The molecule has 0 bridgehead atoms. The lowest BCUT2D eigenvalue weighted by Crippen LogP contribution is -2.03. The second kappa shape index (κ2) is 3.48. The third-order valence-electron chi connectivity index (χ3n) is 2.30. The standard InChI is InChI=1S/C9H12FN3O/c1-2-3-7(14)8-11-9-6(10)4-5-13(9)12-8/h6H,2-5H2,1H3. The zero-order valence-electron chi connectivity index (χ0n) is 8.03. The highest BCUT2D eigenvalue weighted by Crippen LogP contribution is 2.26. The Kier molecular flexibility index (Phi) is 2.31. The molecule has 2 rings (SSSR count). The first-order valence-corrected chi connectivity index (χ1v) is 4.84. The van der Waals surface area contributed by atoms with Gasteiger partial charge in [-0.05, 0) is 6.42 Å². The number of hydrogen-bond donors (Lipinski definition) is 0. The molecular formula is C9H12FN3O. The fourth-order valence-corrected chi connectivity index (χ4v) is 1.57. The molecule has 0 N–H and O–H groups in total. The van der Waals surface area contributed by atoms with Gasteiger partial charge >= 0.3 is 0 Å². The second-order valence-corrected chi connectivity index (χ2v) is 3.45. The predicted molar refractivity (Wildman–Crippen MR) is 47.7 cm³/mol. The maximum Gasteiger partial charge on any atom is 0.217 e. The molecule has 76 valence electrons. The highest BCUT2D eigenvalue weighted by atomic mass is 19.1. The van der Waals surface area contributed by atoms with Crippen LogP contribution in [0.2, 0.25) is 0 Å². The fraction of sp³-hybridized carbons (Fsp3) is 0.667. The summed E-state index contributed by atoms with van der Waals surface area (Å²) in [6.45, 7) is 2.45. The first kappa shape index (κ1) is 9.30. The van der Waals surface area contributed by atoms with Crippen molar-refractivity contribution in [2.75, 3.05) is 0 Å². The summed E-state index contributed by atoms with van der Waals surface area (Å²) in [5, 5.41) is 3.98. The Morgan fingerprint density at radius 2 is 2.50 bits per heavy atom. The van der Waals surface area contributed by atoms with Crippen LogP contribution in [0.5, 0.6) is 0 Å². The fourth-order valence-electron chi connectivity index (χ4n) is 1.57. The number of rotatable bonds is 3. The number of halogens is 1. The molecule has 14 heavy (non-hydrogen) atoms. The minimum absolute atomic E-state index is 0.0957. The van der Waals surface area contributed by atoms with Gasteiger partial charge in [0.15, 0.2) is 12.0 Å². The number of alkyl halides is 1. The van der Waals surface area contributed by atoms with Crippen LogP contribution in [-0.2, 0) is 6.54 Å². The number of carbonyl (C=O) groups is 1. The molecule has 2 heterocycles. The van der Waals surface area contributed by atoms with Gasteiger partial charge in [0.2, 0.25) is 11.6 Å². The number of fused-ring (bicyclic) bond motifs is 1. The minimum Gasteiger partial charge on any atom is -0.291 e. The highest BCUT2D eigenvalue weighted by molar-refractivity contribution is 5.92. The van der Waals surface area contributed by atoms with Gasteiger partial charge in [0.1, 0.15) is 0 Å². The molecule has 0 radical (unpaired) electrons. The van der Waals surface area contributed by atoms with Crippen LogP contribution in [0.3, 0.4) is 0 Å². The summed E-state index contributed by atoms with van der Waals surface area (Å²) in [7, 11) is 0. The zero-order chi connectivity index (χ0) is 10.1. The Hall–Kier alpha value is -1.26. The first-order valence-electron chi connectivity index (χ1n) is 4.84. The minimum atomic E-state index is -1.05. The Labute approximate surface area is 81.1 Å². The van der Waals surface area contributed by atoms with Crippen molar-refractivity contribution in [1.82, 2.24) is 14.8 Å². The topological polar surface area (TPSA) is 47.8 Å². The summed E-state index contributed by atoms with van der Waals surface area (Å²) in [5.74, 6) is 0.384. The van der Waals surface area contributed by atoms with E-state index in [0.29, 0.717) is 25.2 Å². The van der Waals surface area contributed by atoms with Crippen molar-refractivity contribution in [2.24, 2.45) is 0 Å². The van der Waals surface area contributed by atoms with E-state index in [1.807, 2.05) is 6.92 Å². The van der Waals surface area contributed by atoms with Crippen LogP contribution in [0.25, 0.3) is 0 Å². The summed E-state index contributed by atoms with van der Waals surface area (Å²) in [5.41, 5.74) is 0. The van der Waals surface area contributed by atoms with Crippen LogP contribution in [0.4, 0.5) is 4.39 Å². The molecule has 0 fully saturated rings. The second-order valence-electron chi connectivity index (χ2n) is 3.45. The van der Waals surface area contributed by atoms with Crippen molar-refractivity contribution in [2.45, 2.75) is 38.9 Å². The van der Waals surface area contributed by atoms with Gasteiger partial charge in [-0.1, -0.05) is 6.92 Å². The average Bonchev–Trinajstić information content (AvgIpc) is 2.69. The van der Waals surface area contributed by atoms with Gasteiger partial charge in [-0.3, -0.25) is 4.79 Å². The maximum atomic E-state index is 13.1. The number of Topliss-reactive ketones (excluding diaryl/α,β-unsaturated/α-hetero) is 1. The summed E-state index contributed by atoms with van der Waals surface area (Å²) in [6.07, 6.45) is 0.574. The molecule has 0 aromatic carbocycles. The van der Waals surface area contributed by atoms with E-state index >= 15 is 0 Å². The highest BCUT2D eigenvalue weighted by Gasteiger charge is 2.27. The van der Waals surface area contributed by atoms with Crippen molar-refractivity contribution < 1.29 is 9.18 Å². The Bertz CT molecular complexity index is 361. The van der Waals surface area contributed by atoms with Gasteiger partial charge in [-0.15, -0.1) is 5.10 Å². The molecule has 1 atom stereocenters. The van der Waals surface area contributed by atoms with Gasteiger partial charge < -0.3 is 0 Å². The number of nitrogens with zero attached hydrogens (tertiary/aromatic N) is 3. The number of hydrogen-bond acceptors (Lipinski definition) is 3. The molecule has 1 aromatic rings. The lowest BCUT2D eigenvalue weighted by atomic mass is 10.2. The van der Waals surface area contributed by atoms with E-state index < -0.39 is 6.17 Å². The Morgan fingerprint density at radius 3 is 3.14 bits per heavy atom. The van der Waals surface area contributed by atoms with E-state index in [4.69, 9.17) is 0 Å². The normalized spacial score (nSPS) is 19.7. The van der Waals surface area contributed by atoms with Crippen molar-refractivity contribution in [1.29, 1.82) is 0 Å². The van der Waals surface area contributed by atoms with Crippen LogP contribution in [0, 0.1) is 0 Å². The maximum absolute atomic E-state index is 13.1. The average molecular weight is 197 g/mol. The summed E-state index contributed by atoms with van der Waals surface area (Å²) < 4.78 is 14.6. The van der Waals surface area contributed by atoms with Crippen molar-refractivity contribution in [3.63, 3.8) is 0 Å². The van der Waals surface area contributed by atoms with Gasteiger partial charge in [0, 0.05) is 19.4 Å².